The van der Waals surface area contributed by atoms with E-state index in [2.05, 4.69) is 15.2 Å². The highest BCUT2D eigenvalue weighted by atomic mass is 32.2. The van der Waals surface area contributed by atoms with E-state index in [-0.39, 0.29) is 5.56 Å². The first-order valence-corrected chi connectivity index (χ1v) is 5.64. The maximum atomic E-state index is 10.8. The number of pyridine rings is 1. The van der Waals surface area contributed by atoms with Crippen molar-refractivity contribution in [3.05, 3.63) is 41.7 Å². The number of aromatic nitrogens is 3. The minimum absolute atomic E-state index is 0.211. The summed E-state index contributed by atoms with van der Waals surface area (Å²) in [5, 5.41) is 18.0. The van der Waals surface area contributed by atoms with E-state index in [0.717, 1.165) is 5.69 Å². The number of carboxylic acid groups (broad SMARTS) is 1. The third kappa shape index (κ3) is 3.01. The van der Waals surface area contributed by atoms with Gasteiger partial charge in [0.25, 0.3) is 0 Å². The molecular formula is C11H9N3O2S. The van der Waals surface area contributed by atoms with Gasteiger partial charge in [0.2, 0.25) is 0 Å². The summed E-state index contributed by atoms with van der Waals surface area (Å²) in [6.45, 7) is 1.85. The minimum Gasteiger partial charge on any atom is -0.478 e. The second kappa shape index (κ2) is 4.92. The predicted molar refractivity (Wildman–Crippen MR) is 62.1 cm³/mol. The Kier molecular flexibility index (Phi) is 3.34. The number of nitrogens with zero attached hydrogens (tertiary/aromatic N) is 3. The van der Waals surface area contributed by atoms with Crippen LogP contribution in [0.15, 0.2) is 40.5 Å². The molecule has 6 heteroatoms. The molecule has 0 aliphatic carbocycles. The first kappa shape index (κ1) is 11.5. The summed E-state index contributed by atoms with van der Waals surface area (Å²) in [5.74, 6) is -0.968. The van der Waals surface area contributed by atoms with Gasteiger partial charge < -0.3 is 5.11 Å². The summed E-state index contributed by atoms with van der Waals surface area (Å²) in [5.41, 5.74) is 1.05. The Morgan fingerprint density at radius 2 is 2.06 bits per heavy atom. The van der Waals surface area contributed by atoms with Gasteiger partial charge in [-0.1, -0.05) is 0 Å². The molecule has 86 valence electrons. The first-order valence-electron chi connectivity index (χ1n) is 4.83. The lowest BCUT2D eigenvalue weighted by molar-refractivity contribution is 0.0696. The van der Waals surface area contributed by atoms with Crippen molar-refractivity contribution in [3.63, 3.8) is 0 Å². The van der Waals surface area contributed by atoms with Crippen LogP contribution in [0, 0.1) is 6.92 Å². The fraction of sp³-hybridized carbons (Fsp3) is 0.0909. The topological polar surface area (TPSA) is 76.0 Å². The average molecular weight is 247 g/mol. The number of rotatable bonds is 3. The minimum atomic E-state index is -0.968. The van der Waals surface area contributed by atoms with Crippen LogP contribution in [0.1, 0.15) is 16.1 Å². The summed E-state index contributed by atoms with van der Waals surface area (Å²) in [4.78, 5) is 14.9. The zero-order chi connectivity index (χ0) is 12.3. The molecule has 0 saturated carbocycles. The summed E-state index contributed by atoms with van der Waals surface area (Å²) in [6.07, 6.45) is 1.47. The fourth-order valence-electron chi connectivity index (χ4n) is 1.15. The largest absolute Gasteiger partial charge is 0.478 e. The highest BCUT2D eigenvalue weighted by Gasteiger charge is 2.06. The highest BCUT2D eigenvalue weighted by molar-refractivity contribution is 7.99. The van der Waals surface area contributed by atoms with Gasteiger partial charge in [-0.3, -0.25) is 0 Å². The van der Waals surface area contributed by atoms with E-state index in [1.54, 1.807) is 0 Å². The van der Waals surface area contributed by atoms with Crippen molar-refractivity contribution in [1.82, 2.24) is 15.2 Å². The quantitative estimate of drug-likeness (QED) is 0.894. The number of hydrogen-bond donors (Lipinski definition) is 1. The lowest BCUT2D eigenvalue weighted by Gasteiger charge is -2.00. The molecule has 0 aliphatic heterocycles. The van der Waals surface area contributed by atoms with Gasteiger partial charge in [-0.25, -0.2) is 9.78 Å². The summed E-state index contributed by atoms with van der Waals surface area (Å²) in [6, 6.07) is 6.63. The molecule has 0 bridgehead atoms. The Morgan fingerprint density at radius 1 is 1.24 bits per heavy atom. The molecular weight excluding hydrogens is 238 g/mol. The van der Waals surface area contributed by atoms with Crippen molar-refractivity contribution in [2.45, 2.75) is 17.0 Å². The van der Waals surface area contributed by atoms with Crippen LogP contribution in [0.25, 0.3) is 0 Å². The molecule has 0 amide bonds. The van der Waals surface area contributed by atoms with Crippen LogP contribution in [0.2, 0.25) is 0 Å². The molecule has 2 aromatic rings. The van der Waals surface area contributed by atoms with Gasteiger partial charge in [0.05, 0.1) is 11.3 Å². The average Bonchev–Trinajstić information content (AvgIpc) is 2.32. The van der Waals surface area contributed by atoms with Crippen molar-refractivity contribution in [1.29, 1.82) is 0 Å². The van der Waals surface area contributed by atoms with Gasteiger partial charge in [-0.2, -0.15) is 5.10 Å². The predicted octanol–water partition coefficient (Wildman–Crippen LogP) is 2.03. The third-order valence-electron chi connectivity index (χ3n) is 1.96. The van der Waals surface area contributed by atoms with Gasteiger partial charge in [0.1, 0.15) is 10.1 Å². The maximum Gasteiger partial charge on any atom is 0.335 e. The van der Waals surface area contributed by atoms with Gasteiger partial charge in [0.15, 0.2) is 0 Å². The molecule has 0 aromatic carbocycles. The van der Waals surface area contributed by atoms with E-state index in [9.17, 15) is 4.79 Å². The van der Waals surface area contributed by atoms with E-state index in [1.165, 1.54) is 30.1 Å². The lowest BCUT2D eigenvalue weighted by Crippen LogP contribution is -1.97. The number of hydrogen-bond acceptors (Lipinski definition) is 5. The van der Waals surface area contributed by atoms with Crippen LogP contribution in [0.3, 0.4) is 0 Å². The van der Waals surface area contributed by atoms with Gasteiger partial charge in [-0.15, -0.1) is 5.10 Å². The van der Waals surface area contributed by atoms with Crippen molar-refractivity contribution >= 4 is 17.7 Å². The monoisotopic (exact) mass is 247 g/mol. The van der Waals surface area contributed by atoms with Gasteiger partial charge >= 0.3 is 5.97 Å². The molecule has 17 heavy (non-hydrogen) atoms. The van der Waals surface area contributed by atoms with E-state index < -0.39 is 5.97 Å². The number of carbonyl (C=O) groups is 1. The fourth-order valence-corrected chi connectivity index (χ4v) is 1.88. The Bertz CT molecular complexity index is 543. The van der Waals surface area contributed by atoms with E-state index in [0.29, 0.717) is 10.1 Å². The molecule has 2 aromatic heterocycles. The van der Waals surface area contributed by atoms with E-state index >= 15 is 0 Å². The van der Waals surface area contributed by atoms with Crippen LogP contribution < -0.4 is 0 Å². The zero-order valence-electron chi connectivity index (χ0n) is 8.99. The SMILES string of the molecule is Cc1ccc(Sc2cc(C(=O)O)ccn2)nn1. The Morgan fingerprint density at radius 3 is 2.71 bits per heavy atom. The number of aryl methyl sites for hydroxylation is 1. The normalized spacial score (nSPS) is 10.2. The Hall–Kier alpha value is -1.95. The van der Waals surface area contributed by atoms with Crippen molar-refractivity contribution in [2.75, 3.05) is 0 Å². The molecule has 0 atom stereocenters. The van der Waals surface area contributed by atoms with Crippen LogP contribution >= 0.6 is 11.8 Å². The first-order chi connectivity index (χ1) is 8.15. The van der Waals surface area contributed by atoms with E-state index in [1.807, 2.05) is 19.1 Å². The molecule has 0 radical (unpaired) electrons. The second-order valence-electron chi connectivity index (χ2n) is 3.30. The molecule has 0 fully saturated rings. The Labute approximate surface area is 102 Å². The molecule has 2 rings (SSSR count). The van der Waals surface area contributed by atoms with E-state index in [4.69, 9.17) is 5.11 Å². The molecule has 0 spiro atoms. The van der Waals surface area contributed by atoms with Gasteiger partial charge in [0, 0.05) is 6.20 Å². The third-order valence-corrected chi connectivity index (χ3v) is 2.82. The molecule has 0 aliphatic rings. The number of aromatic carboxylic acids is 1. The second-order valence-corrected chi connectivity index (χ2v) is 4.34. The summed E-state index contributed by atoms with van der Waals surface area (Å²) in [7, 11) is 0. The van der Waals surface area contributed by atoms with Crippen LogP contribution in [0.4, 0.5) is 0 Å². The summed E-state index contributed by atoms with van der Waals surface area (Å²) < 4.78 is 0. The summed E-state index contributed by atoms with van der Waals surface area (Å²) >= 11 is 1.28. The molecule has 1 N–H and O–H groups in total. The van der Waals surface area contributed by atoms with Crippen molar-refractivity contribution in [3.8, 4) is 0 Å². The standard InChI is InChI=1S/C11H9N3O2S/c1-7-2-3-9(14-13-7)17-10-6-8(11(15)16)4-5-12-10/h2-6H,1H3,(H,15,16). The van der Waals surface area contributed by atoms with Crippen LogP contribution in [-0.2, 0) is 0 Å². The highest BCUT2D eigenvalue weighted by Crippen LogP contribution is 2.23. The van der Waals surface area contributed by atoms with Crippen molar-refractivity contribution in [2.24, 2.45) is 0 Å². The zero-order valence-corrected chi connectivity index (χ0v) is 9.81. The number of carboxylic acids is 1. The lowest BCUT2D eigenvalue weighted by atomic mass is 10.3. The molecule has 0 saturated heterocycles. The van der Waals surface area contributed by atoms with Gasteiger partial charge in [-0.05, 0) is 43.0 Å². The van der Waals surface area contributed by atoms with Crippen molar-refractivity contribution < 1.29 is 9.90 Å². The molecule has 5 nitrogen and oxygen atoms in total. The maximum absolute atomic E-state index is 10.8. The molecule has 0 unspecified atom stereocenters. The Balaban J connectivity index is 2.21. The van der Waals surface area contributed by atoms with Crippen LogP contribution in [-0.4, -0.2) is 26.3 Å². The van der Waals surface area contributed by atoms with Crippen LogP contribution in [0.5, 0.6) is 0 Å². The molecule has 2 heterocycles. The smallest absolute Gasteiger partial charge is 0.335 e.